The van der Waals surface area contributed by atoms with Gasteiger partial charge in [0.1, 0.15) is 6.10 Å². The molecular formula is C22H28N4O3. The van der Waals surface area contributed by atoms with E-state index in [2.05, 4.69) is 27.0 Å². The largest absolute Gasteiger partial charge is 0.473 e. The standard InChI is InChI=1S/C22H28N4O3/c27-22(23-21-14-17-3-7-25(21)8-4-17)26-9-5-20-18(16-26)15-19(29-20)2-1-6-24-10-12-28-13-11-24/h5,9,15-17,20-21H,3-4,6-8,10-14H2,(H,23,27). The molecule has 2 amide bonds. The van der Waals surface area contributed by atoms with Crippen molar-refractivity contribution in [1.82, 2.24) is 20.0 Å². The second kappa shape index (κ2) is 8.23. The summed E-state index contributed by atoms with van der Waals surface area (Å²) in [5, 5.41) is 3.19. The number of nitrogens with one attached hydrogen (secondary N) is 1. The average Bonchev–Trinajstić information content (AvgIpc) is 3.17. The molecule has 4 fully saturated rings. The molecule has 6 aliphatic rings. The van der Waals surface area contributed by atoms with E-state index in [0.29, 0.717) is 5.76 Å². The SMILES string of the molecule is O=C(NC1CC2CCN1CC2)N1C=CC2OC(C#CCN3CCOCC3)=CC2=C1. The van der Waals surface area contributed by atoms with Crippen LogP contribution in [0.15, 0.2) is 35.9 Å². The topological polar surface area (TPSA) is 57.3 Å². The molecule has 0 aromatic carbocycles. The summed E-state index contributed by atoms with van der Waals surface area (Å²) in [5.41, 5.74) is 0.962. The number of carbonyl (C=O) groups excluding carboxylic acids is 1. The van der Waals surface area contributed by atoms with Crippen molar-refractivity contribution in [2.24, 2.45) is 5.92 Å². The molecule has 4 saturated heterocycles. The summed E-state index contributed by atoms with van der Waals surface area (Å²) >= 11 is 0. The van der Waals surface area contributed by atoms with Crippen molar-refractivity contribution in [3.8, 4) is 11.8 Å². The number of ether oxygens (including phenoxy) is 2. The molecule has 1 N–H and O–H groups in total. The third-order valence-electron chi connectivity index (χ3n) is 6.38. The normalized spacial score (nSPS) is 33.2. The fourth-order valence-corrected chi connectivity index (χ4v) is 4.63. The van der Waals surface area contributed by atoms with Crippen LogP contribution in [0.2, 0.25) is 0 Å². The minimum Gasteiger partial charge on any atom is -0.473 e. The first-order valence-corrected chi connectivity index (χ1v) is 10.6. The van der Waals surface area contributed by atoms with Crippen molar-refractivity contribution in [2.75, 3.05) is 45.9 Å². The van der Waals surface area contributed by atoms with E-state index >= 15 is 0 Å². The Kier molecular flexibility index (Phi) is 5.32. The van der Waals surface area contributed by atoms with E-state index in [-0.39, 0.29) is 18.3 Å². The van der Waals surface area contributed by atoms with Gasteiger partial charge in [-0.05, 0) is 43.3 Å². The molecular weight excluding hydrogens is 368 g/mol. The molecule has 6 rings (SSSR count). The molecule has 7 nitrogen and oxygen atoms in total. The summed E-state index contributed by atoms with van der Waals surface area (Å²) in [6.45, 7) is 6.31. The molecule has 0 aromatic rings. The maximum atomic E-state index is 12.7. The van der Waals surface area contributed by atoms with Crippen molar-refractivity contribution in [2.45, 2.75) is 31.5 Å². The Labute approximate surface area is 172 Å². The summed E-state index contributed by atoms with van der Waals surface area (Å²) in [6, 6.07) is -0.0787. The van der Waals surface area contributed by atoms with Gasteiger partial charge >= 0.3 is 6.03 Å². The molecule has 154 valence electrons. The lowest BCUT2D eigenvalue weighted by Gasteiger charge is -2.45. The molecule has 2 unspecified atom stereocenters. The number of hydrogen-bond donors (Lipinski definition) is 1. The van der Waals surface area contributed by atoms with Gasteiger partial charge in [-0.3, -0.25) is 14.7 Å². The maximum Gasteiger partial charge on any atom is 0.326 e. The lowest BCUT2D eigenvalue weighted by atomic mass is 9.86. The van der Waals surface area contributed by atoms with E-state index < -0.39 is 0 Å². The summed E-state index contributed by atoms with van der Waals surface area (Å²) in [6.07, 6.45) is 11.1. The zero-order valence-electron chi connectivity index (χ0n) is 16.7. The molecule has 0 spiro atoms. The van der Waals surface area contributed by atoms with Crippen LogP contribution in [0.25, 0.3) is 0 Å². The highest BCUT2D eigenvalue weighted by atomic mass is 16.5. The Bertz CT molecular complexity index is 795. The second-order valence-electron chi connectivity index (χ2n) is 8.30. The highest BCUT2D eigenvalue weighted by Gasteiger charge is 2.35. The minimum absolute atomic E-state index is 0.0787. The van der Waals surface area contributed by atoms with Crippen molar-refractivity contribution in [3.63, 3.8) is 0 Å². The van der Waals surface area contributed by atoms with Gasteiger partial charge in [0, 0.05) is 44.2 Å². The van der Waals surface area contributed by atoms with Crippen LogP contribution in [0.5, 0.6) is 0 Å². The fraction of sp³-hybridized carbons (Fsp3) is 0.591. The third-order valence-corrected chi connectivity index (χ3v) is 6.38. The quantitative estimate of drug-likeness (QED) is 0.717. The van der Waals surface area contributed by atoms with E-state index in [1.54, 1.807) is 11.1 Å². The number of rotatable bonds is 2. The smallest absolute Gasteiger partial charge is 0.326 e. The zero-order chi connectivity index (χ0) is 19.6. The highest BCUT2D eigenvalue weighted by molar-refractivity contribution is 5.77. The molecule has 7 heteroatoms. The van der Waals surface area contributed by atoms with Crippen LogP contribution in [0.3, 0.4) is 0 Å². The van der Waals surface area contributed by atoms with E-state index in [9.17, 15) is 4.79 Å². The van der Waals surface area contributed by atoms with Gasteiger partial charge in [-0.15, -0.1) is 0 Å². The molecule has 0 radical (unpaired) electrons. The van der Waals surface area contributed by atoms with Crippen LogP contribution in [0.4, 0.5) is 4.79 Å². The summed E-state index contributed by atoms with van der Waals surface area (Å²) < 4.78 is 11.2. The Balaban J connectivity index is 1.18. The number of piperidine rings is 3. The van der Waals surface area contributed by atoms with E-state index in [4.69, 9.17) is 9.47 Å². The number of hydrogen-bond acceptors (Lipinski definition) is 5. The number of allylic oxidation sites excluding steroid dienone is 1. The van der Waals surface area contributed by atoms with Gasteiger partial charge < -0.3 is 14.8 Å². The Morgan fingerprint density at radius 1 is 1.21 bits per heavy atom. The van der Waals surface area contributed by atoms with E-state index in [1.807, 2.05) is 18.4 Å². The van der Waals surface area contributed by atoms with Gasteiger partial charge in [-0.2, -0.15) is 0 Å². The molecule has 29 heavy (non-hydrogen) atoms. The van der Waals surface area contributed by atoms with Crippen LogP contribution >= 0.6 is 0 Å². The van der Waals surface area contributed by atoms with Crippen molar-refractivity contribution in [1.29, 1.82) is 0 Å². The van der Waals surface area contributed by atoms with Gasteiger partial charge in [0.2, 0.25) is 0 Å². The summed E-state index contributed by atoms with van der Waals surface area (Å²) in [4.78, 5) is 19.0. The van der Waals surface area contributed by atoms with Crippen molar-refractivity contribution >= 4 is 6.03 Å². The molecule has 6 aliphatic heterocycles. The first kappa shape index (κ1) is 18.7. The lowest BCUT2D eigenvalue weighted by Crippen LogP contribution is -2.57. The maximum absolute atomic E-state index is 12.7. The van der Waals surface area contributed by atoms with Crippen LogP contribution in [0.1, 0.15) is 19.3 Å². The first-order valence-electron chi connectivity index (χ1n) is 10.6. The third kappa shape index (κ3) is 4.20. The van der Waals surface area contributed by atoms with E-state index in [0.717, 1.165) is 63.8 Å². The molecule has 0 saturated carbocycles. The van der Waals surface area contributed by atoms with Crippen LogP contribution in [0, 0.1) is 17.8 Å². The van der Waals surface area contributed by atoms with Gasteiger partial charge in [-0.25, -0.2) is 4.79 Å². The predicted octanol–water partition coefficient (Wildman–Crippen LogP) is 1.47. The fourth-order valence-electron chi connectivity index (χ4n) is 4.63. The van der Waals surface area contributed by atoms with Crippen LogP contribution in [-0.2, 0) is 9.47 Å². The number of morpholine rings is 1. The van der Waals surface area contributed by atoms with Gasteiger partial charge in [0.05, 0.1) is 25.9 Å². The molecule has 6 heterocycles. The second-order valence-corrected chi connectivity index (χ2v) is 8.30. The number of amides is 2. The van der Waals surface area contributed by atoms with E-state index in [1.165, 1.54) is 12.8 Å². The van der Waals surface area contributed by atoms with Crippen molar-refractivity contribution < 1.29 is 14.3 Å². The minimum atomic E-state index is -0.152. The monoisotopic (exact) mass is 396 g/mol. The molecule has 0 aliphatic carbocycles. The Morgan fingerprint density at radius 3 is 2.79 bits per heavy atom. The number of fused-ring (bicyclic) bond motifs is 4. The first-order chi connectivity index (χ1) is 14.2. The number of carbonyl (C=O) groups is 1. The van der Waals surface area contributed by atoms with Gasteiger partial charge in [-0.1, -0.05) is 5.92 Å². The zero-order valence-corrected chi connectivity index (χ0v) is 16.7. The van der Waals surface area contributed by atoms with Gasteiger partial charge in [0.25, 0.3) is 0 Å². The summed E-state index contributed by atoms with van der Waals surface area (Å²) in [7, 11) is 0. The number of urea groups is 1. The van der Waals surface area contributed by atoms with Gasteiger partial charge in [0.15, 0.2) is 5.76 Å². The lowest BCUT2D eigenvalue weighted by molar-refractivity contribution is 0.0357. The Morgan fingerprint density at radius 2 is 2.03 bits per heavy atom. The summed E-state index contributed by atoms with van der Waals surface area (Å²) in [5.74, 6) is 7.73. The Hall–Kier alpha value is -2.27. The molecule has 2 bridgehead atoms. The van der Waals surface area contributed by atoms with Crippen LogP contribution in [-0.4, -0.2) is 78.9 Å². The molecule has 2 atom stereocenters. The highest BCUT2D eigenvalue weighted by Crippen LogP contribution is 2.31. The van der Waals surface area contributed by atoms with Crippen molar-refractivity contribution in [3.05, 3.63) is 35.9 Å². The predicted molar refractivity (Wildman–Crippen MR) is 108 cm³/mol. The number of nitrogens with zero attached hydrogens (tertiary/aromatic N) is 3. The average molecular weight is 396 g/mol. The molecule has 0 aromatic heterocycles. The van der Waals surface area contributed by atoms with Crippen LogP contribution < -0.4 is 5.32 Å².